The largest absolute Gasteiger partial charge is 0.375 e. The van der Waals surface area contributed by atoms with Crippen LogP contribution in [0.4, 0.5) is 5.69 Å². The molecule has 21 heavy (non-hydrogen) atoms. The minimum absolute atomic E-state index is 0.0764. The predicted octanol–water partition coefficient (Wildman–Crippen LogP) is 1.69. The van der Waals surface area contributed by atoms with Gasteiger partial charge < -0.3 is 14.7 Å². The van der Waals surface area contributed by atoms with E-state index in [1.165, 1.54) is 4.90 Å². The molecule has 1 rings (SSSR count). The van der Waals surface area contributed by atoms with E-state index in [1.807, 2.05) is 38.2 Å². The maximum atomic E-state index is 12.4. The van der Waals surface area contributed by atoms with E-state index in [2.05, 4.69) is 11.8 Å². The first-order valence-corrected chi connectivity index (χ1v) is 7.21. The molecule has 116 valence electrons. The minimum Gasteiger partial charge on any atom is -0.375 e. The quantitative estimate of drug-likeness (QED) is 0.801. The van der Waals surface area contributed by atoms with Gasteiger partial charge in [0.1, 0.15) is 0 Å². The zero-order valence-electron chi connectivity index (χ0n) is 13.6. The molecule has 0 bridgehead atoms. The summed E-state index contributed by atoms with van der Waals surface area (Å²) in [5.41, 5.74) is 1.68. The van der Waals surface area contributed by atoms with E-state index < -0.39 is 0 Å². The highest BCUT2D eigenvalue weighted by Crippen LogP contribution is 2.15. The highest BCUT2D eigenvalue weighted by atomic mass is 16.2. The monoisotopic (exact) mass is 291 g/mol. The second kappa shape index (κ2) is 7.67. The number of rotatable bonds is 6. The van der Waals surface area contributed by atoms with Gasteiger partial charge in [0, 0.05) is 45.5 Å². The van der Waals surface area contributed by atoms with Gasteiger partial charge in [-0.15, -0.1) is 0 Å². The third kappa shape index (κ3) is 4.48. The summed E-state index contributed by atoms with van der Waals surface area (Å²) in [6, 6.07) is 7.48. The van der Waals surface area contributed by atoms with Crippen LogP contribution < -0.4 is 4.90 Å². The van der Waals surface area contributed by atoms with E-state index in [9.17, 15) is 9.59 Å². The van der Waals surface area contributed by atoms with Crippen LogP contribution in [0.2, 0.25) is 0 Å². The molecule has 0 unspecified atom stereocenters. The van der Waals surface area contributed by atoms with E-state index in [0.717, 1.165) is 12.2 Å². The van der Waals surface area contributed by atoms with Crippen molar-refractivity contribution in [2.75, 3.05) is 45.7 Å². The molecule has 5 nitrogen and oxygen atoms in total. The number of nitrogens with zero attached hydrogens (tertiary/aromatic N) is 3. The molecule has 2 amide bonds. The lowest BCUT2D eigenvalue weighted by atomic mass is 10.1. The molecule has 0 radical (unpaired) electrons. The lowest BCUT2D eigenvalue weighted by molar-refractivity contribution is -0.129. The summed E-state index contributed by atoms with van der Waals surface area (Å²) >= 11 is 0. The van der Waals surface area contributed by atoms with Crippen molar-refractivity contribution in [3.8, 4) is 0 Å². The smallest absolute Gasteiger partial charge is 0.254 e. The second-order valence-corrected chi connectivity index (χ2v) is 5.17. The van der Waals surface area contributed by atoms with E-state index in [0.29, 0.717) is 12.1 Å². The molecule has 1 aromatic carbocycles. The molecular weight excluding hydrogens is 266 g/mol. The minimum atomic E-state index is -0.113. The van der Waals surface area contributed by atoms with E-state index in [-0.39, 0.29) is 18.4 Å². The summed E-state index contributed by atoms with van der Waals surface area (Å²) in [6.45, 7) is 5.48. The Morgan fingerprint density at radius 3 is 1.95 bits per heavy atom. The summed E-state index contributed by atoms with van der Waals surface area (Å²) in [6.07, 6.45) is 0. The summed E-state index contributed by atoms with van der Waals surface area (Å²) in [4.78, 5) is 29.3. The summed E-state index contributed by atoms with van der Waals surface area (Å²) in [7, 11) is 5.39. The van der Waals surface area contributed by atoms with Crippen molar-refractivity contribution in [3.63, 3.8) is 0 Å². The van der Waals surface area contributed by atoms with Crippen LogP contribution in [0.15, 0.2) is 24.3 Å². The number of hydrogen-bond donors (Lipinski definition) is 0. The fraction of sp³-hybridized carbons (Fsp3) is 0.500. The van der Waals surface area contributed by atoms with Crippen molar-refractivity contribution in [1.82, 2.24) is 9.80 Å². The molecule has 0 aliphatic heterocycles. The van der Waals surface area contributed by atoms with Gasteiger partial charge in [-0.25, -0.2) is 0 Å². The Morgan fingerprint density at radius 1 is 0.952 bits per heavy atom. The van der Waals surface area contributed by atoms with Crippen LogP contribution in [0, 0.1) is 0 Å². The number of carbonyl (C=O) groups excluding carboxylic acids is 2. The van der Waals surface area contributed by atoms with Crippen LogP contribution in [0.25, 0.3) is 0 Å². The molecule has 0 saturated carbocycles. The highest BCUT2D eigenvalue weighted by molar-refractivity contribution is 5.96. The first-order valence-electron chi connectivity index (χ1n) is 7.21. The Morgan fingerprint density at radius 2 is 1.52 bits per heavy atom. The van der Waals surface area contributed by atoms with Crippen LogP contribution in [0.5, 0.6) is 0 Å². The summed E-state index contributed by atoms with van der Waals surface area (Å²) < 4.78 is 0. The van der Waals surface area contributed by atoms with Crippen LogP contribution >= 0.6 is 0 Å². The van der Waals surface area contributed by atoms with Crippen molar-refractivity contribution < 1.29 is 9.59 Å². The van der Waals surface area contributed by atoms with E-state index >= 15 is 0 Å². The molecule has 0 aliphatic carbocycles. The summed E-state index contributed by atoms with van der Waals surface area (Å²) in [5.74, 6) is -0.189. The van der Waals surface area contributed by atoms with Gasteiger partial charge in [0.2, 0.25) is 5.91 Å². The van der Waals surface area contributed by atoms with Gasteiger partial charge in [-0.05, 0) is 38.1 Å². The van der Waals surface area contributed by atoms with Crippen molar-refractivity contribution in [2.24, 2.45) is 0 Å². The molecular formula is C16H25N3O2. The first-order chi connectivity index (χ1) is 9.90. The molecule has 5 heteroatoms. The number of likely N-dealkylation sites (N-methyl/N-ethyl adjacent to an activating group) is 2. The SMILES string of the molecule is CCN(CC(=O)N(C)C)C(=O)c1ccc(N(C)CC)cc1. The van der Waals surface area contributed by atoms with Gasteiger partial charge in [0.05, 0.1) is 6.54 Å². The number of hydrogen-bond acceptors (Lipinski definition) is 3. The highest BCUT2D eigenvalue weighted by Gasteiger charge is 2.18. The number of benzene rings is 1. The van der Waals surface area contributed by atoms with Crippen molar-refractivity contribution >= 4 is 17.5 Å². The topological polar surface area (TPSA) is 43.9 Å². The fourth-order valence-corrected chi connectivity index (χ4v) is 1.86. The molecule has 1 aromatic rings. The number of amides is 2. The Bertz CT molecular complexity index is 483. The van der Waals surface area contributed by atoms with Gasteiger partial charge in [0.15, 0.2) is 0 Å². The zero-order chi connectivity index (χ0) is 16.0. The molecule has 0 heterocycles. The van der Waals surface area contributed by atoms with Crippen LogP contribution in [-0.2, 0) is 4.79 Å². The second-order valence-electron chi connectivity index (χ2n) is 5.17. The average molecular weight is 291 g/mol. The van der Waals surface area contributed by atoms with Crippen molar-refractivity contribution in [2.45, 2.75) is 13.8 Å². The van der Waals surface area contributed by atoms with Crippen LogP contribution in [0.3, 0.4) is 0 Å². The van der Waals surface area contributed by atoms with Crippen LogP contribution in [-0.4, -0.2) is 62.4 Å². The molecule has 0 N–H and O–H groups in total. The third-order valence-electron chi connectivity index (χ3n) is 3.52. The molecule has 0 saturated heterocycles. The Kier molecular flexibility index (Phi) is 6.21. The van der Waals surface area contributed by atoms with E-state index in [1.54, 1.807) is 19.0 Å². The van der Waals surface area contributed by atoms with Gasteiger partial charge in [-0.3, -0.25) is 9.59 Å². The zero-order valence-corrected chi connectivity index (χ0v) is 13.6. The fourth-order valence-electron chi connectivity index (χ4n) is 1.86. The Balaban J connectivity index is 2.83. The Hall–Kier alpha value is -2.04. The maximum absolute atomic E-state index is 12.4. The lowest BCUT2D eigenvalue weighted by Gasteiger charge is -2.23. The van der Waals surface area contributed by atoms with Crippen molar-refractivity contribution in [3.05, 3.63) is 29.8 Å². The maximum Gasteiger partial charge on any atom is 0.254 e. The molecule has 0 spiro atoms. The summed E-state index contributed by atoms with van der Waals surface area (Å²) in [5, 5.41) is 0. The van der Waals surface area contributed by atoms with Gasteiger partial charge in [0.25, 0.3) is 5.91 Å². The van der Waals surface area contributed by atoms with Crippen LogP contribution in [0.1, 0.15) is 24.2 Å². The van der Waals surface area contributed by atoms with Gasteiger partial charge in [-0.2, -0.15) is 0 Å². The molecule has 0 aromatic heterocycles. The molecule has 0 aliphatic rings. The predicted molar refractivity (Wildman–Crippen MR) is 85.7 cm³/mol. The standard InChI is InChI=1S/C16H25N3O2/c1-6-18(5)14-10-8-13(9-11-14)16(21)19(7-2)12-15(20)17(3)4/h8-11H,6-7,12H2,1-5H3. The van der Waals surface area contributed by atoms with E-state index in [4.69, 9.17) is 0 Å². The van der Waals surface area contributed by atoms with Crippen molar-refractivity contribution in [1.29, 1.82) is 0 Å². The first kappa shape index (κ1) is 17.0. The Labute approximate surface area is 127 Å². The number of carbonyl (C=O) groups is 2. The normalized spacial score (nSPS) is 10.1. The number of anilines is 1. The lowest BCUT2D eigenvalue weighted by Crippen LogP contribution is -2.40. The average Bonchev–Trinajstić information content (AvgIpc) is 2.50. The van der Waals surface area contributed by atoms with Gasteiger partial charge in [-0.1, -0.05) is 0 Å². The molecule has 0 fully saturated rings. The third-order valence-corrected chi connectivity index (χ3v) is 3.52. The van der Waals surface area contributed by atoms with Gasteiger partial charge >= 0.3 is 0 Å². The molecule has 0 atom stereocenters.